The monoisotopic (exact) mass is 544 g/mol. The third kappa shape index (κ3) is 6.79. The molecule has 2 aromatic rings. The van der Waals surface area contributed by atoms with E-state index in [2.05, 4.69) is 9.93 Å². The van der Waals surface area contributed by atoms with E-state index in [0.29, 0.717) is 5.56 Å². The average Bonchev–Trinajstić information content (AvgIpc) is 2.81. The zero-order valence-electron chi connectivity index (χ0n) is 22.5. The van der Waals surface area contributed by atoms with Gasteiger partial charge in [-0.1, -0.05) is 48.0 Å². The summed E-state index contributed by atoms with van der Waals surface area (Å²) in [5.74, 6) is -4.59. The summed E-state index contributed by atoms with van der Waals surface area (Å²) in [6.45, 7) is 10.1. The van der Waals surface area contributed by atoms with Gasteiger partial charge in [0.15, 0.2) is 0 Å². The molecule has 2 N–H and O–H groups in total. The zero-order chi connectivity index (χ0) is 28.3. The van der Waals surface area contributed by atoms with Crippen molar-refractivity contribution in [3.05, 3.63) is 65.7 Å². The maximum Gasteiger partial charge on any atom is 0.315 e. The molecule has 3 rings (SSSR count). The number of nitrogens with one attached hydrogen (secondary N) is 1. The quantitative estimate of drug-likeness (QED) is 0.383. The highest BCUT2D eigenvalue weighted by molar-refractivity contribution is 7.89. The number of esters is 2. The average molecular weight is 545 g/mol. The van der Waals surface area contributed by atoms with E-state index in [0.717, 1.165) is 5.56 Å². The summed E-state index contributed by atoms with van der Waals surface area (Å²) in [5, 5.41) is 15.7. The number of carbonyl (C=O) groups is 2. The summed E-state index contributed by atoms with van der Waals surface area (Å²) in [4.78, 5) is 29.1. The van der Waals surface area contributed by atoms with Crippen LogP contribution in [0.25, 0.3) is 0 Å². The Morgan fingerprint density at radius 3 is 2.08 bits per heavy atom. The van der Waals surface area contributed by atoms with Crippen molar-refractivity contribution in [3.8, 4) is 0 Å². The fourth-order valence-electron chi connectivity index (χ4n) is 4.73. The minimum absolute atomic E-state index is 0.00526. The van der Waals surface area contributed by atoms with Gasteiger partial charge in [-0.3, -0.25) is 9.59 Å². The topological polar surface area (TPSA) is 131 Å². The van der Waals surface area contributed by atoms with E-state index in [4.69, 9.17) is 9.47 Å². The van der Waals surface area contributed by atoms with Crippen molar-refractivity contribution < 1.29 is 32.6 Å². The smallest absolute Gasteiger partial charge is 0.315 e. The maximum absolute atomic E-state index is 13.5. The van der Waals surface area contributed by atoms with Crippen LogP contribution >= 0.6 is 0 Å². The van der Waals surface area contributed by atoms with Crippen LogP contribution in [0.5, 0.6) is 0 Å². The Morgan fingerprint density at radius 2 is 1.53 bits per heavy atom. The molecule has 1 aliphatic rings. The first-order valence-corrected chi connectivity index (χ1v) is 14.0. The molecule has 10 heteroatoms. The summed E-state index contributed by atoms with van der Waals surface area (Å²) in [7, 11) is -4.08. The predicted molar refractivity (Wildman–Crippen MR) is 143 cm³/mol. The Labute approximate surface area is 224 Å². The van der Waals surface area contributed by atoms with Gasteiger partial charge in [0.1, 0.15) is 5.92 Å². The highest BCUT2D eigenvalue weighted by Gasteiger charge is 2.56. The molecular formula is C28H36N2O7S. The molecular weight excluding hydrogens is 508 g/mol. The third-order valence-electron chi connectivity index (χ3n) is 6.32. The van der Waals surface area contributed by atoms with Crippen LogP contribution in [0.2, 0.25) is 0 Å². The van der Waals surface area contributed by atoms with Gasteiger partial charge >= 0.3 is 11.9 Å². The van der Waals surface area contributed by atoms with Gasteiger partial charge in [0.25, 0.3) is 10.0 Å². The molecule has 0 heterocycles. The lowest BCUT2D eigenvalue weighted by atomic mass is 9.61. The third-order valence-corrected chi connectivity index (χ3v) is 7.55. The van der Waals surface area contributed by atoms with Crippen molar-refractivity contribution in [1.82, 2.24) is 4.83 Å². The summed E-state index contributed by atoms with van der Waals surface area (Å²) < 4.78 is 37.0. The van der Waals surface area contributed by atoms with E-state index < -0.39 is 57.5 Å². The molecule has 0 aliphatic heterocycles. The number of hydrazone groups is 1. The summed E-state index contributed by atoms with van der Waals surface area (Å²) in [5.41, 5.74) is -0.188. The Hall–Kier alpha value is -3.24. The minimum Gasteiger partial charge on any atom is -0.463 e. The molecule has 0 saturated heterocycles. The lowest BCUT2D eigenvalue weighted by Gasteiger charge is -2.45. The maximum atomic E-state index is 13.5. The summed E-state index contributed by atoms with van der Waals surface area (Å²) in [6, 6.07) is 15.0. The van der Waals surface area contributed by atoms with E-state index in [1.54, 1.807) is 70.2 Å². The molecule has 1 fully saturated rings. The van der Waals surface area contributed by atoms with E-state index in [-0.39, 0.29) is 17.0 Å². The van der Waals surface area contributed by atoms with Crippen LogP contribution in [0.15, 0.2) is 64.6 Å². The van der Waals surface area contributed by atoms with Gasteiger partial charge in [0, 0.05) is 12.3 Å². The Kier molecular flexibility index (Phi) is 8.99. The Morgan fingerprint density at radius 1 is 0.974 bits per heavy atom. The van der Waals surface area contributed by atoms with Crippen LogP contribution in [-0.2, 0) is 29.1 Å². The minimum atomic E-state index is -4.08. The number of ether oxygens (including phenoxy) is 2. The van der Waals surface area contributed by atoms with Crippen molar-refractivity contribution in [2.24, 2.45) is 16.9 Å². The standard InChI is InChI=1S/C28H36N2O7S/c1-17(2)36-26(31)24-22(29-30-38(34,35)21-14-12-19(5)13-15-21)16-28(6,33)25(27(32)37-18(3)4)23(24)20-10-8-7-9-11-20/h7-15,17-18,23-25,30,33H,16H2,1-6H3/b29-22-/t23-,24-,25+,28-/m1/s1. The first kappa shape index (κ1) is 29.3. The van der Waals surface area contributed by atoms with E-state index in [1.807, 2.05) is 6.92 Å². The molecule has 1 aliphatic carbocycles. The second kappa shape index (κ2) is 11.7. The molecule has 0 spiro atoms. The second-order valence-corrected chi connectivity index (χ2v) is 12.1. The summed E-state index contributed by atoms with van der Waals surface area (Å²) in [6.07, 6.45) is -1.19. The zero-order valence-corrected chi connectivity index (χ0v) is 23.4. The number of rotatable bonds is 8. The van der Waals surface area contributed by atoms with Crippen LogP contribution in [0.3, 0.4) is 0 Å². The molecule has 2 aromatic carbocycles. The molecule has 9 nitrogen and oxygen atoms in total. The van der Waals surface area contributed by atoms with Crippen LogP contribution in [0, 0.1) is 18.8 Å². The number of carbonyl (C=O) groups excluding carboxylic acids is 2. The number of hydrogen-bond acceptors (Lipinski definition) is 8. The van der Waals surface area contributed by atoms with Gasteiger partial charge < -0.3 is 14.6 Å². The molecule has 0 bridgehead atoms. The molecule has 0 aromatic heterocycles. The lowest BCUT2D eigenvalue weighted by molar-refractivity contribution is -0.167. The van der Waals surface area contributed by atoms with Crippen molar-refractivity contribution >= 4 is 27.7 Å². The largest absolute Gasteiger partial charge is 0.463 e. The van der Waals surface area contributed by atoms with E-state index >= 15 is 0 Å². The van der Waals surface area contributed by atoms with Gasteiger partial charge in [0.05, 0.1) is 34.3 Å². The molecule has 1 saturated carbocycles. The molecule has 0 radical (unpaired) electrons. The number of benzene rings is 2. The molecule has 38 heavy (non-hydrogen) atoms. The van der Waals surface area contributed by atoms with Crippen molar-refractivity contribution in [2.45, 2.75) is 76.6 Å². The van der Waals surface area contributed by atoms with Gasteiger partial charge in [-0.05, 0) is 59.2 Å². The number of sulfonamides is 1. The molecule has 4 atom stereocenters. The Balaban J connectivity index is 2.15. The van der Waals surface area contributed by atoms with Crippen LogP contribution in [0.1, 0.15) is 58.1 Å². The van der Waals surface area contributed by atoms with Crippen molar-refractivity contribution in [3.63, 3.8) is 0 Å². The highest BCUT2D eigenvalue weighted by atomic mass is 32.2. The normalized spacial score (nSPS) is 24.9. The van der Waals surface area contributed by atoms with Gasteiger partial charge in [-0.2, -0.15) is 13.5 Å². The molecule has 0 unspecified atom stereocenters. The molecule has 0 amide bonds. The predicted octanol–water partition coefficient (Wildman–Crippen LogP) is 3.70. The summed E-state index contributed by atoms with van der Waals surface area (Å²) >= 11 is 0. The Bertz CT molecular complexity index is 1270. The van der Waals surface area contributed by atoms with Crippen molar-refractivity contribution in [2.75, 3.05) is 0 Å². The fourth-order valence-corrected chi connectivity index (χ4v) is 5.56. The van der Waals surface area contributed by atoms with Crippen LogP contribution < -0.4 is 4.83 Å². The first-order valence-electron chi connectivity index (χ1n) is 12.6. The molecule has 206 valence electrons. The van der Waals surface area contributed by atoms with E-state index in [1.165, 1.54) is 19.1 Å². The number of aryl methyl sites for hydroxylation is 1. The van der Waals surface area contributed by atoms with Gasteiger partial charge in [0.2, 0.25) is 0 Å². The van der Waals surface area contributed by atoms with Gasteiger partial charge in [-0.15, -0.1) is 0 Å². The SMILES string of the molecule is Cc1ccc(S(=O)(=O)N/N=C2/C[C@@](C)(O)[C@H](C(=O)OC(C)C)[C@H](c3ccccc3)[C@@H]2C(=O)OC(C)C)cc1. The van der Waals surface area contributed by atoms with Gasteiger partial charge in [-0.25, -0.2) is 4.83 Å². The highest BCUT2D eigenvalue weighted by Crippen LogP contribution is 2.47. The van der Waals surface area contributed by atoms with Crippen LogP contribution in [-0.4, -0.2) is 49.0 Å². The fraction of sp³-hybridized carbons (Fsp3) is 0.464. The van der Waals surface area contributed by atoms with Crippen LogP contribution in [0.4, 0.5) is 0 Å². The van der Waals surface area contributed by atoms with Crippen molar-refractivity contribution in [1.29, 1.82) is 0 Å². The number of hydrogen-bond donors (Lipinski definition) is 2. The van der Waals surface area contributed by atoms with E-state index in [9.17, 15) is 23.1 Å². The number of aliphatic hydroxyl groups is 1. The number of nitrogens with zero attached hydrogens (tertiary/aromatic N) is 1. The first-order chi connectivity index (χ1) is 17.7. The second-order valence-electron chi connectivity index (χ2n) is 10.4. The lowest BCUT2D eigenvalue weighted by Crippen LogP contribution is -2.56.